The molecule has 98 valence electrons. The van der Waals surface area contributed by atoms with Crippen LogP contribution in [0.3, 0.4) is 0 Å². The molecular formula is C15H16N2O2. The molecule has 2 aromatic rings. The van der Waals surface area contributed by atoms with E-state index in [4.69, 9.17) is 0 Å². The number of hydrogen-bond acceptors (Lipinski definition) is 2. The minimum Gasteiger partial charge on any atom is -0.478 e. The predicted octanol–water partition coefficient (Wildman–Crippen LogP) is 3.36. The topological polar surface area (TPSA) is 55.1 Å². The summed E-state index contributed by atoms with van der Waals surface area (Å²) in [5.41, 5.74) is 1.73. The van der Waals surface area contributed by atoms with Crippen molar-refractivity contribution in [3.63, 3.8) is 0 Å². The van der Waals surface area contributed by atoms with Crippen LogP contribution in [-0.4, -0.2) is 20.9 Å². The van der Waals surface area contributed by atoms with Gasteiger partial charge in [0.25, 0.3) is 0 Å². The first-order chi connectivity index (χ1) is 9.25. The number of carboxylic acids is 1. The standard InChI is InChI=1S/C15H16N2O2/c18-15(19)13-8-4-3-7-12(13)14-9-10-17(16-14)11-5-1-2-6-11/h3-4,7-11H,1-2,5-6H2,(H,18,19). The highest BCUT2D eigenvalue weighted by Gasteiger charge is 2.19. The van der Waals surface area contributed by atoms with Crippen molar-refractivity contribution in [1.29, 1.82) is 0 Å². The van der Waals surface area contributed by atoms with Gasteiger partial charge in [0.1, 0.15) is 0 Å². The molecule has 3 rings (SSSR count). The van der Waals surface area contributed by atoms with Crippen LogP contribution in [0.15, 0.2) is 36.5 Å². The molecular weight excluding hydrogens is 240 g/mol. The molecule has 19 heavy (non-hydrogen) atoms. The van der Waals surface area contributed by atoms with Crippen molar-refractivity contribution in [1.82, 2.24) is 9.78 Å². The molecule has 0 unspecified atom stereocenters. The molecule has 1 aromatic heterocycles. The van der Waals surface area contributed by atoms with Crippen LogP contribution in [0.5, 0.6) is 0 Å². The monoisotopic (exact) mass is 256 g/mol. The van der Waals surface area contributed by atoms with Gasteiger partial charge >= 0.3 is 5.97 Å². The number of hydrogen-bond donors (Lipinski definition) is 1. The van der Waals surface area contributed by atoms with Gasteiger partial charge in [0, 0.05) is 11.8 Å². The highest BCUT2D eigenvalue weighted by atomic mass is 16.4. The second-order valence-electron chi connectivity index (χ2n) is 4.97. The predicted molar refractivity (Wildman–Crippen MR) is 72.1 cm³/mol. The molecule has 4 heteroatoms. The molecule has 0 atom stereocenters. The lowest BCUT2D eigenvalue weighted by Gasteiger charge is -2.09. The largest absolute Gasteiger partial charge is 0.478 e. The lowest BCUT2D eigenvalue weighted by atomic mass is 10.1. The SMILES string of the molecule is O=C(O)c1ccccc1-c1ccn(C2CCCC2)n1. The van der Waals surface area contributed by atoms with E-state index in [9.17, 15) is 9.90 Å². The highest BCUT2D eigenvalue weighted by molar-refractivity contribution is 5.95. The van der Waals surface area contributed by atoms with Crippen LogP contribution < -0.4 is 0 Å². The van der Waals surface area contributed by atoms with E-state index in [1.165, 1.54) is 25.7 Å². The molecule has 1 aromatic carbocycles. The fourth-order valence-corrected chi connectivity index (χ4v) is 2.75. The minimum atomic E-state index is -0.911. The molecule has 0 saturated heterocycles. The van der Waals surface area contributed by atoms with Gasteiger partial charge in [-0.1, -0.05) is 31.0 Å². The molecule has 4 nitrogen and oxygen atoms in total. The zero-order valence-corrected chi connectivity index (χ0v) is 10.6. The Bertz CT molecular complexity index is 598. The normalized spacial score (nSPS) is 15.8. The van der Waals surface area contributed by atoms with Crippen LogP contribution in [0.1, 0.15) is 42.1 Å². The molecule has 0 radical (unpaired) electrons. The first-order valence-electron chi connectivity index (χ1n) is 6.63. The number of aromatic nitrogens is 2. The summed E-state index contributed by atoms with van der Waals surface area (Å²) in [6, 6.07) is 9.39. The van der Waals surface area contributed by atoms with Crippen LogP contribution in [0.4, 0.5) is 0 Å². The Morgan fingerprint density at radius 2 is 1.95 bits per heavy atom. The van der Waals surface area contributed by atoms with E-state index < -0.39 is 5.97 Å². The number of rotatable bonds is 3. The lowest BCUT2D eigenvalue weighted by molar-refractivity contribution is 0.0697. The van der Waals surface area contributed by atoms with Crippen molar-refractivity contribution in [2.24, 2.45) is 0 Å². The van der Waals surface area contributed by atoms with Gasteiger partial charge in [0.05, 0.1) is 17.3 Å². The Morgan fingerprint density at radius 3 is 2.68 bits per heavy atom. The van der Waals surface area contributed by atoms with E-state index in [-0.39, 0.29) is 0 Å². The number of nitrogens with zero attached hydrogens (tertiary/aromatic N) is 2. The first kappa shape index (κ1) is 12.0. The van der Waals surface area contributed by atoms with Crippen molar-refractivity contribution < 1.29 is 9.90 Å². The van der Waals surface area contributed by atoms with Crippen molar-refractivity contribution in [2.75, 3.05) is 0 Å². The highest BCUT2D eigenvalue weighted by Crippen LogP contribution is 2.30. The lowest BCUT2D eigenvalue weighted by Crippen LogP contribution is -2.05. The molecule has 0 spiro atoms. The van der Waals surface area contributed by atoms with Crippen LogP contribution in [0, 0.1) is 0 Å². The molecule has 1 fully saturated rings. The van der Waals surface area contributed by atoms with Crippen LogP contribution in [0.25, 0.3) is 11.3 Å². The summed E-state index contributed by atoms with van der Waals surface area (Å²) >= 11 is 0. The van der Waals surface area contributed by atoms with Crippen molar-refractivity contribution >= 4 is 5.97 Å². The van der Waals surface area contributed by atoms with Gasteiger partial charge in [-0.3, -0.25) is 4.68 Å². The van der Waals surface area contributed by atoms with Gasteiger partial charge in [-0.2, -0.15) is 5.10 Å². The third-order valence-electron chi connectivity index (χ3n) is 3.74. The van der Waals surface area contributed by atoms with Crippen molar-refractivity contribution in [2.45, 2.75) is 31.7 Å². The van der Waals surface area contributed by atoms with Gasteiger partial charge in [0.15, 0.2) is 0 Å². The number of carbonyl (C=O) groups is 1. The summed E-state index contributed by atoms with van der Waals surface area (Å²) in [4.78, 5) is 11.2. The molecule has 0 bridgehead atoms. The number of benzene rings is 1. The van der Waals surface area contributed by atoms with E-state index in [0.717, 1.165) is 5.69 Å². The summed E-state index contributed by atoms with van der Waals surface area (Å²) < 4.78 is 1.99. The fourth-order valence-electron chi connectivity index (χ4n) is 2.75. The molecule has 1 heterocycles. The molecule has 1 aliphatic rings. The second-order valence-corrected chi connectivity index (χ2v) is 4.97. The van der Waals surface area contributed by atoms with Gasteiger partial charge in [-0.15, -0.1) is 0 Å². The van der Waals surface area contributed by atoms with Crippen LogP contribution >= 0.6 is 0 Å². The summed E-state index contributed by atoms with van der Waals surface area (Å²) in [7, 11) is 0. The van der Waals surface area contributed by atoms with E-state index in [1.807, 2.05) is 29.1 Å². The Labute approximate surface area is 111 Å². The Hall–Kier alpha value is -2.10. The molecule has 0 aliphatic heterocycles. The first-order valence-corrected chi connectivity index (χ1v) is 6.63. The summed E-state index contributed by atoms with van der Waals surface area (Å²) in [5, 5.41) is 13.8. The Balaban J connectivity index is 1.96. The zero-order valence-electron chi connectivity index (χ0n) is 10.6. The van der Waals surface area contributed by atoms with E-state index in [2.05, 4.69) is 5.10 Å². The van der Waals surface area contributed by atoms with Crippen LogP contribution in [-0.2, 0) is 0 Å². The fraction of sp³-hybridized carbons (Fsp3) is 0.333. The molecule has 1 saturated carbocycles. The third-order valence-corrected chi connectivity index (χ3v) is 3.74. The molecule has 1 aliphatic carbocycles. The summed E-state index contributed by atoms with van der Waals surface area (Å²) in [6.07, 6.45) is 6.81. The van der Waals surface area contributed by atoms with E-state index >= 15 is 0 Å². The van der Waals surface area contributed by atoms with Gasteiger partial charge in [-0.05, 0) is 25.0 Å². The maximum Gasteiger partial charge on any atom is 0.336 e. The summed E-state index contributed by atoms with van der Waals surface area (Å²) in [6.45, 7) is 0. The van der Waals surface area contributed by atoms with Gasteiger partial charge < -0.3 is 5.11 Å². The van der Waals surface area contributed by atoms with E-state index in [1.54, 1.807) is 12.1 Å². The van der Waals surface area contributed by atoms with Gasteiger partial charge in [-0.25, -0.2) is 4.79 Å². The number of aromatic carboxylic acids is 1. The maximum absolute atomic E-state index is 11.2. The average Bonchev–Trinajstić information content (AvgIpc) is 3.09. The molecule has 1 N–H and O–H groups in total. The van der Waals surface area contributed by atoms with Crippen LogP contribution in [0.2, 0.25) is 0 Å². The second kappa shape index (κ2) is 4.88. The Kier molecular flexibility index (Phi) is 3.07. The van der Waals surface area contributed by atoms with Crippen molar-refractivity contribution in [3.05, 3.63) is 42.1 Å². The zero-order chi connectivity index (χ0) is 13.2. The smallest absolute Gasteiger partial charge is 0.336 e. The van der Waals surface area contributed by atoms with Crippen molar-refractivity contribution in [3.8, 4) is 11.3 Å². The molecule has 0 amide bonds. The summed E-state index contributed by atoms with van der Waals surface area (Å²) in [5.74, 6) is -0.911. The minimum absolute atomic E-state index is 0.305. The quantitative estimate of drug-likeness (QED) is 0.916. The third kappa shape index (κ3) is 2.26. The average molecular weight is 256 g/mol. The maximum atomic E-state index is 11.2. The Morgan fingerprint density at radius 1 is 1.21 bits per heavy atom. The number of carboxylic acid groups (broad SMARTS) is 1. The van der Waals surface area contributed by atoms with Gasteiger partial charge in [0.2, 0.25) is 0 Å². The van der Waals surface area contributed by atoms with E-state index in [0.29, 0.717) is 17.2 Å².